The zero-order valence-corrected chi connectivity index (χ0v) is 46.2. The van der Waals surface area contributed by atoms with Gasteiger partial charge in [-0.25, -0.2) is 19.9 Å². The molecule has 6 nitrogen and oxygen atoms in total. The van der Waals surface area contributed by atoms with Crippen LogP contribution in [0.15, 0.2) is 109 Å². The van der Waals surface area contributed by atoms with Gasteiger partial charge in [0.1, 0.15) is 0 Å². The first-order valence-electron chi connectivity index (χ1n) is 26.3. The molecule has 0 amide bonds. The quantitative estimate of drug-likeness (QED) is 0.142. The van der Waals surface area contributed by atoms with Crippen molar-refractivity contribution in [2.24, 2.45) is 0 Å². The van der Waals surface area contributed by atoms with Gasteiger partial charge in [-0.1, -0.05) is 180 Å². The predicted octanol–water partition coefficient (Wildman–Crippen LogP) is 11.4. The summed E-state index contributed by atoms with van der Waals surface area (Å²) < 4.78 is 4.88. The van der Waals surface area contributed by atoms with Crippen LogP contribution < -0.4 is 33.3 Å². The van der Waals surface area contributed by atoms with E-state index in [2.05, 4.69) is 229 Å². The maximum atomic E-state index is 5.63. The molecule has 0 aliphatic rings. The minimum absolute atomic E-state index is 0.138. The van der Waals surface area contributed by atoms with Gasteiger partial charge in [0.05, 0.1) is 67.7 Å². The van der Waals surface area contributed by atoms with E-state index < -0.39 is 0 Å². The highest BCUT2D eigenvalue weighted by atomic mass is 15.1. The molecule has 4 heterocycles. The van der Waals surface area contributed by atoms with Crippen molar-refractivity contribution in [1.82, 2.24) is 29.1 Å². The lowest BCUT2D eigenvalue weighted by molar-refractivity contribution is 1.01. The molecule has 0 saturated carbocycles. The van der Waals surface area contributed by atoms with Gasteiger partial charge in [0, 0.05) is 21.5 Å². The van der Waals surface area contributed by atoms with Crippen LogP contribution in [-0.2, 0) is 0 Å². The van der Waals surface area contributed by atoms with Gasteiger partial charge in [-0.05, 0) is 129 Å². The van der Waals surface area contributed by atoms with Crippen LogP contribution in [-0.4, -0.2) is 42.5 Å². The Balaban J connectivity index is 1.16. The molecule has 0 aliphatic carbocycles. The molecule has 0 N–H and O–H groups in total. The van der Waals surface area contributed by atoms with Crippen molar-refractivity contribution in [1.29, 1.82) is 0 Å². The summed E-state index contributed by atoms with van der Waals surface area (Å²) in [7, 11) is 0. The highest BCUT2D eigenvalue weighted by molar-refractivity contribution is 6.96. The van der Waals surface area contributed by atoms with E-state index in [-0.39, 0.29) is 13.4 Å². The van der Waals surface area contributed by atoms with Crippen LogP contribution in [0.5, 0.6) is 0 Å². The van der Waals surface area contributed by atoms with E-state index in [4.69, 9.17) is 19.9 Å². The second-order valence-corrected chi connectivity index (χ2v) is 21.9. The summed E-state index contributed by atoms with van der Waals surface area (Å²) in [5.41, 5.74) is 32.1. The summed E-state index contributed by atoms with van der Waals surface area (Å²) in [4.78, 5) is 22.4. The van der Waals surface area contributed by atoms with E-state index in [0.717, 1.165) is 67.7 Å². The largest absolute Gasteiger partial charge is 0.306 e. The summed E-state index contributed by atoms with van der Waals surface area (Å²) in [6.45, 7) is 35.1. The molecule has 0 unspecified atom stereocenters. The van der Waals surface area contributed by atoms with Gasteiger partial charge in [-0.15, -0.1) is 0 Å². The van der Waals surface area contributed by atoms with Crippen LogP contribution in [0.2, 0.25) is 0 Å². The summed E-state index contributed by atoms with van der Waals surface area (Å²) >= 11 is 0. The number of hydrogen-bond donors (Lipinski definition) is 0. The second-order valence-electron chi connectivity index (χ2n) is 21.9. The zero-order chi connectivity index (χ0) is 52.3. The molecule has 0 atom stereocenters. The van der Waals surface area contributed by atoms with Crippen LogP contribution in [0, 0.1) is 111 Å². The molecule has 11 rings (SSSR count). The SMILES string of the molecule is Cc1cc(C)c(B(c2nc(C)c(-n3c4ccccc4c4c3ccc3c5ccccc5n(-c5c(C)nc(B(c6c(C)cc(C)cc6C)c6c(C)cc(C)cc6C)nc5C)c34)c(C)n2)c2c(C)cc(C)cc2C)c(C)c1. The highest BCUT2D eigenvalue weighted by Crippen LogP contribution is 2.43. The fourth-order valence-corrected chi connectivity index (χ4v) is 13.8. The first kappa shape index (κ1) is 48.7. The normalized spacial score (nSPS) is 11.8. The predicted molar refractivity (Wildman–Crippen MR) is 317 cm³/mol. The van der Waals surface area contributed by atoms with Gasteiger partial charge in [-0.3, -0.25) is 0 Å². The van der Waals surface area contributed by atoms with Crippen LogP contribution in [0.1, 0.15) is 89.5 Å². The van der Waals surface area contributed by atoms with Crippen molar-refractivity contribution in [2.75, 3.05) is 0 Å². The van der Waals surface area contributed by atoms with Crippen LogP contribution in [0.3, 0.4) is 0 Å². The van der Waals surface area contributed by atoms with Gasteiger partial charge in [0.25, 0.3) is 13.4 Å². The number of fused-ring (bicyclic) bond motifs is 7. The molecule has 0 bridgehead atoms. The molecule has 7 aromatic carbocycles. The van der Waals surface area contributed by atoms with Crippen molar-refractivity contribution in [2.45, 2.75) is 111 Å². The third kappa shape index (κ3) is 7.70. The Bertz CT molecular complexity index is 3920. The number of aromatic nitrogens is 6. The lowest BCUT2D eigenvalue weighted by Gasteiger charge is -2.24. The summed E-state index contributed by atoms with van der Waals surface area (Å²) in [5, 5.41) is 4.71. The lowest BCUT2D eigenvalue weighted by atomic mass is 9.37. The van der Waals surface area contributed by atoms with Crippen LogP contribution in [0.4, 0.5) is 0 Å². The van der Waals surface area contributed by atoms with Crippen molar-refractivity contribution < 1.29 is 0 Å². The third-order valence-electron chi connectivity index (χ3n) is 16.0. The van der Waals surface area contributed by atoms with E-state index in [9.17, 15) is 0 Å². The molecule has 0 radical (unpaired) electrons. The Morgan fingerprint density at radius 1 is 0.311 bits per heavy atom. The average Bonchev–Trinajstić information content (AvgIpc) is 3.81. The maximum Gasteiger partial charge on any atom is 0.291 e. The molecule has 11 aromatic rings. The number of hydrogen-bond acceptors (Lipinski definition) is 4. The summed E-state index contributed by atoms with van der Waals surface area (Å²) in [6, 6.07) is 40.7. The monoisotopic (exact) mass is 965 g/mol. The fourth-order valence-electron chi connectivity index (χ4n) is 13.8. The number of aryl methyl sites for hydroxylation is 16. The molecular weight excluding hydrogens is 898 g/mol. The van der Waals surface area contributed by atoms with Crippen molar-refractivity contribution in [3.8, 4) is 11.4 Å². The summed E-state index contributed by atoms with van der Waals surface area (Å²) in [6.07, 6.45) is 0. The number of nitrogens with zero attached hydrogens (tertiary/aromatic N) is 6. The van der Waals surface area contributed by atoms with Crippen LogP contribution in [0.25, 0.3) is 55.0 Å². The minimum Gasteiger partial charge on any atom is -0.306 e. The topological polar surface area (TPSA) is 61.4 Å². The molecule has 8 heteroatoms. The van der Waals surface area contributed by atoms with Gasteiger partial charge < -0.3 is 9.13 Å². The zero-order valence-electron chi connectivity index (χ0n) is 46.2. The van der Waals surface area contributed by atoms with Gasteiger partial charge >= 0.3 is 0 Å². The molecule has 366 valence electrons. The highest BCUT2D eigenvalue weighted by Gasteiger charge is 2.35. The van der Waals surface area contributed by atoms with E-state index in [1.54, 1.807) is 0 Å². The van der Waals surface area contributed by atoms with Gasteiger partial charge in [0.15, 0.2) is 0 Å². The van der Waals surface area contributed by atoms with E-state index >= 15 is 0 Å². The molecule has 0 aliphatic heterocycles. The molecule has 0 spiro atoms. The van der Waals surface area contributed by atoms with Crippen molar-refractivity contribution >= 4 is 90.3 Å². The minimum atomic E-state index is -0.143. The number of rotatable bonds is 8. The number of para-hydroxylation sites is 2. The molecule has 4 aromatic heterocycles. The van der Waals surface area contributed by atoms with E-state index in [0.29, 0.717) is 0 Å². The fraction of sp³-hybridized carbons (Fsp3) is 0.242. The first-order chi connectivity index (χ1) is 35.3. The average molecular weight is 965 g/mol. The summed E-state index contributed by atoms with van der Waals surface area (Å²) in [5.74, 6) is 0. The lowest BCUT2D eigenvalue weighted by Crippen LogP contribution is -2.58. The Kier molecular flexibility index (Phi) is 11.9. The Labute approximate surface area is 438 Å². The Morgan fingerprint density at radius 2 is 0.622 bits per heavy atom. The second kappa shape index (κ2) is 18.1. The van der Waals surface area contributed by atoms with E-state index in [1.165, 1.54) is 110 Å². The first-order valence-corrected chi connectivity index (χ1v) is 26.3. The number of benzene rings is 7. The van der Waals surface area contributed by atoms with Crippen LogP contribution >= 0.6 is 0 Å². The Hall–Kier alpha value is -7.57. The maximum absolute atomic E-state index is 5.63. The Morgan fingerprint density at radius 3 is 0.986 bits per heavy atom. The molecular formula is C66H66B2N6. The molecule has 0 fully saturated rings. The third-order valence-corrected chi connectivity index (χ3v) is 16.0. The smallest absolute Gasteiger partial charge is 0.291 e. The van der Waals surface area contributed by atoms with Gasteiger partial charge in [-0.2, -0.15) is 0 Å². The standard InChI is InChI=1S/C66H66B2N6/c1-35-27-39(5)58(40(6)28-35)67(59-41(7)29-36(2)30-42(59)8)65-69-47(13)62(48(14)70-65)73-55-24-20-18-22-53(55)57-56(73)26-25-52-51-21-17-19-23-54(51)74(64(52)57)63-49(15)71-66(72-50(63)16)68(60-43(9)31-37(3)32-44(60)10)61-45(11)33-38(4)34-46(61)12/h17-34H,1-16H3. The molecule has 74 heavy (non-hydrogen) atoms. The molecule has 0 saturated heterocycles. The van der Waals surface area contributed by atoms with Gasteiger partial charge in [0.2, 0.25) is 0 Å². The van der Waals surface area contributed by atoms with Crippen molar-refractivity contribution in [3.05, 3.63) is 199 Å². The van der Waals surface area contributed by atoms with Crippen molar-refractivity contribution in [3.63, 3.8) is 0 Å². The van der Waals surface area contributed by atoms with E-state index in [1.807, 2.05) is 0 Å².